The van der Waals surface area contributed by atoms with Crippen LogP contribution in [-0.4, -0.2) is 9.78 Å². The summed E-state index contributed by atoms with van der Waals surface area (Å²) in [6.07, 6.45) is 6.44. The number of rotatable bonds is 3. The van der Waals surface area contributed by atoms with Gasteiger partial charge in [0.2, 0.25) is 0 Å². The van der Waals surface area contributed by atoms with Gasteiger partial charge < -0.3 is 0 Å². The van der Waals surface area contributed by atoms with Crippen molar-refractivity contribution in [2.75, 3.05) is 0 Å². The van der Waals surface area contributed by atoms with E-state index in [9.17, 15) is 0 Å². The highest BCUT2D eigenvalue weighted by atomic mass is 15.3. The molecule has 0 aromatic carbocycles. The highest BCUT2D eigenvalue weighted by molar-refractivity contribution is 5.03. The van der Waals surface area contributed by atoms with Crippen molar-refractivity contribution >= 4 is 0 Å². The largest absolute Gasteiger partial charge is 0.270 e. The standard InChI is InChI=1S/C9H16N2/c1-4-5-9-6-10-11(7-9)8(2)3/h6-8H,4-5H2,1-3H3. The SMILES string of the molecule is CCCc1cnn(C(C)C)c1. The van der Waals surface area contributed by atoms with E-state index in [0.717, 1.165) is 6.42 Å². The zero-order chi connectivity index (χ0) is 8.27. The van der Waals surface area contributed by atoms with Crippen LogP contribution in [0.5, 0.6) is 0 Å². The van der Waals surface area contributed by atoms with Crippen LogP contribution < -0.4 is 0 Å². The zero-order valence-electron chi connectivity index (χ0n) is 7.54. The smallest absolute Gasteiger partial charge is 0.0521 e. The first-order valence-corrected chi connectivity index (χ1v) is 4.27. The maximum Gasteiger partial charge on any atom is 0.0521 e. The first kappa shape index (κ1) is 8.31. The Hall–Kier alpha value is -0.790. The van der Waals surface area contributed by atoms with Crippen molar-refractivity contribution in [3.8, 4) is 0 Å². The lowest BCUT2D eigenvalue weighted by molar-refractivity contribution is 0.532. The highest BCUT2D eigenvalue weighted by Gasteiger charge is 1.99. The molecule has 1 rings (SSSR count). The second kappa shape index (κ2) is 3.56. The first-order valence-electron chi connectivity index (χ1n) is 4.27. The molecule has 0 saturated heterocycles. The Morgan fingerprint density at radius 2 is 2.27 bits per heavy atom. The minimum absolute atomic E-state index is 0.487. The summed E-state index contributed by atoms with van der Waals surface area (Å²) in [5.74, 6) is 0. The van der Waals surface area contributed by atoms with Crippen LogP contribution in [0.4, 0.5) is 0 Å². The van der Waals surface area contributed by atoms with Crippen molar-refractivity contribution in [1.82, 2.24) is 9.78 Å². The van der Waals surface area contributed by atoms with Crippen LogP contribution >= 0.6 is 0 Å². The Kier molecular flexibility index (Phi) is 2.69. The lowest BCUT2D eigenvalue weighted by atomic mass is 10.2. The third kappa shape index (κ3) is 2.07. The molecule has 0 spiro atoms. The molecule has 0 aliphatic carbocycles. The Morgan fingerprint density at radius 1 is 1.55 bits per heavy atom. The topological polar surface area (TPSA) is 17.8 Å². The van der Waals surface area contributed by atoms with Gasteiger partial charge in [0.15, 0.2) is 0 Å². The van der Waals surface area contributed by atoms with E-state index in [1.165, 1.54) is 12.0 Å². The van der Waals surface area contributed by atoms with Crippen molar-refractivity contribution in [1.29, 1.82) is 0 Å². The zero-order valence-corrected chi connectivity index (χ0v) is 7.54. The second-order valence-corrected chi connectivity index (χ2v) is 3.17. The molecule has 0 amide bonds. The summed E-state index contributed by atoms with van der Waals surface area (Å²) in [4.78, 5) is 0. The third-order valence-electron chi connectivity index (χ3n) is 1.72. The summed E-state index contributed by atoms with van der Waals surface area (Å²) in [6.45, 7) is 6.47. The van der Waals surface area contributed by atoms with E-state index in [-0.39, 0.29) is 0 Å². The molecular formula is C9H16N2. The molecule has 1 aromatic rings. The number of nitrogens with zero attached hydrogens (tertiary/aromatic N) is 2. The fraction of sp³-hybridized carbons (Fsp3) is 0.667. The van der Waals surface area contributed by atoms with E-state index in [1.807, 2.05) is 10.9 Å². The molecule has 0 aliphatic heterocycles. The Morgan fingerprint density at radius 3 is 2.73 bits per heavy atom. The van der Waals surface area contributed by atoms with E-state index < -0.39 is 0 Å². The van der Waals surface area contributed by atoms with Crippen LogP contribution in [0.25, 0.3) is 0 Å². The summed E-state index contributed by atoms with van der Waals surface area (Å²) in [5.41, 5.74) is 1.35. The third-order valence-corrected chi connectivity index (χ3v) is 1.72. The van der Waals surface area contributed by atoms with E-state index in [0.29, 0.717) is 6.04 Å². The van der Waals surface area contributed by atoms with Crippen molar-refractivity contribution < 1.29 is 0 Å². The monoisotopic (exact) mass is 152 g/mol. The minimum Gasteiger partial charge on any atom is -0.270 e. The number of hydrogen-bond donors (Lipinski definition) is 0. The highest BCUT2D eigenvalue weighted by Crippen LogP contribution is 2.06. The van der Waals surface area contributed by atoms with Gasteiger partial charge in [-0.3, -0.25) is 4.68 Å². The van der Waals surface area contributed by atoms with Gasteiger partial charge in [-0.1, -0.05) is 13.3 Å². The van der Waals surface area contributed by atoms with E-state index >= 15 is 0 Å². The normalized spacial score (nSPS) is 10.9. The van der Waals surface area contributed by atoms with Gasteiger partial charge in [-0.2, -0.15) is 5.10 Å². The molecule has 0 saturated carbocycles. The average molecular weight is 152 g/mol. The fourth-order valence-corrected chi connectivity index (χ4v) is 1.08. The molecule has 2 nitrogen and oxygen atoms in total. The van der Waals surface area contributed by atoms with Crippen molar-refractivity contribution in [3.63, 3.8) is 0 Å². The molecule has 1 aromatic heterocycles. The Bertz CT molecular complexity index is 213. The molecule has 0 unspecified atom stereocenters. The van der Waals surface area contributed by atoms with E-state index in [1.54, 1.807) is 0 Å². The minimum atomic E-state index is 0.487. The molecule has 0 aliphatic rings. The maximum absolute atomic E-state index is 4.25. The number of aromatic nitrogens is 2. The van der Waals surface area contributed by atoms with Gasteiger partial charge in [0.05, 0.1) is 6.20 Å². The van der Waals surface area contributed by atoms with Gasteiger partial charge >= 0.3 is 0 Å². The molecule has 0 atom stereocenters. The summed E-state index contributed by atoms with van der Waals surface area (Å²) in [7, 11) is 0. The summed E-state index contributed by atoms with van der Waals surface area (Å²) in [6, 6.07) is 0.487. The molecule has 0 radical (unpaired) electrons. The molecule has 1 heterocycles. The molecule has 2 heteroatoms. The van der Waals surface area contributed by atoms with Gasteiger partial charge in [-0.15, -0.1) is 0 Å². The summed E-state index contributed by atoms with van der Waals surface area (Å²) >= 11 is 0. The van der Waals surface area contributed by atoms with E-state index in [2.05, 4.69) is 32.1 Å². The quantitative estimate of drug-likeness (QED) is 0.650. The lowest BCUT2D eigenvalue weighted by Gasteiger charge is -2.02. The van der Waals surface area contributed by atoms with Crippen LogP contribution in [-0.2, 0) is 6.42 Å². The van der Waals surface area contributed by atoms with Crippen LogP contribution in [0, 0.1) is 0 Å². The van der Waals surface area contributed by atoms with Gasteiger partial charge in [0.25, 0.3) is 0 Å². The molecular weight excluding hydrogens is 136 g/mol. The van der Waals surface area contributed by atoms with Crippen LogP contribution in [0.15, 0.2) is 12.4 Å². The predicted octanol–water partition coefficient (Wildman–Crippen LogP) is 2.42. The van der Waals surface area contributed by atoms with Crippen molar-refractivity contribution in [3.05, 3.63) is 18.0 Å². The van der Waals surface area contributed by atoms with Crippen LogP contribution in [0.1, 0.15) is 38.8 Å². The molecule has 0 fully saturated rings. The van der Waals surface area contributed by atoms with Gasteiger partial charge in [0.1, 0.15) is 0 Å². The Balaban J connectivity index is 2.66. The first-order chi connectivity index (χ1) is 5.24. The number of hydrogen-bond acceptors (Lipinski definition) is 1. The molecule has 0 N–H and O–H groups in total. The second-order valence-electron chi connectivity index (χ2n) is 3.17. The Labute approximate surface area is 68.2 Å². The molecule has 0 bridgehead atoms. The van der Waals surface area contributed by atoms with Gasteiger partial charge in [-0.25, -0.2) is 0 Å². The van der Waals surface area contributed by atoms with Crippen molar-refractivity contribution in [2.45, 2.75) is 39.7 Å². The summed E-state index contributed by atoms with van der Waals surface area (Å²) in [5, 5.41) is 4.25. The molecule has 11 heavy (non-hydrogen) atoms. The lowest BCUT2D eigenvalue weighted by Crippen LogP contribution is -1.99. The fourth-order valence-electron chi connectivity index (χ4n) is 1.08. The van der Waals surface area contributed by atoms with Crippen LogP contribution in [0.3, 0.4) is 0 Å². The predicted molar refractivity (Wildman–Crippen MR) is 46.6 cm³/mol. The van der Waals surface area contributed by atoms with Gasteiger partial charge in [0, 0.05) is 12.2 Å². The number of aryl methyl sites for hydroxylation is 1. The van der Waals surface area contributed by atoms with Crippen LogP contribution in [0.2, 0.25) is 0 Å². The summed E-state index contributed by atoms with van der Waals surface area (Å²) < 4.78 is 2.00. The van der Waals surface area contributed by atoms with Gasteiger partial charge in [-0.05, 0) is 25.8 Å². The van der Waals surface area contributed by atoms with E-state index in [4.69, 9.17) is 0 Å². The molecule has 62 valence electrons. The maximum atomic E-state index is 4.25. The average Bonchev–Trinajstić information content (AvgIpc) is 2.37. The van der Waals surface area contributed by atoms with Crippen molar-refractivity contribution in [2.24, 2.45) is 0 Å².